The fourth-order valence-electron chi connectivity index (χ4n) is 3.52. The van der Waals surface area contributed by atoms with Crippen molar-refractivity contribution in [3.8, 4) is 17.1 Å². The molecule has 0 N–H and O–H groups in total. The lowest BCUT2D eigenvalue weighted by molar-refractivity contribution is -0.0871. The Morgan fingerprint density at radius 3 is 2.55 bits per heavy atom. The van der Waals surface area contributed by atoms with Crippen LogP contribution in [0.4, 0.5) is 13.2 Å². The van der Waals surface area contributed by atoms with Crippen LogP contribution >= 0.6 is 0 Å². The van der Waals surface area contributed by atoms with Crippen LogP contribution in [0.3, 0.4) is 0 Å². The average molecular weight is 397 g/mol. The van der Waals surface area contributed by atoms with Crippen molar-refractivity contribution in [3.63, 3.8) is 0 Å². The van der Waals surface area contributed by atoms with Gasteiger partial charge in [-0.1, -0.05) is 48.6 Å². The highest BCUT2D eigenvalue weighted by atomic mass is 19.4. The molecule has 1 aliphatic rings. The van der Waals surface area contributed by atoms with Gasteiger partial charge >= 0.3 is 6.18 Å². The average Bonchev–Trinajstić information content (AvgIpc) is 2.91. The Bertz CT molecular complexity index is 1170. The third kappa shape index (κ3) is 3.33. The number of aromatic nitrogens is 3. The Kier molecular flexibility index (Phi) is 4.74. The Morgan fingerprint density at radius 1 is 1.03 bits per heavy atom. The molecule has 0 bridgehead atoms. The molecule has 1 aromatic heterocycles. The minimum absolute atomic E-state index is 0.0171. The third-order valence-corrected chi connectivity index (χ3v) is 4.89. The number of ether oxygens (including phenoxy) is 1. The molecule has 2 aromatic carbocycles. The van der Waals surface area contributed by atoms with Crippen LogP contribution in [0, 0.1) is 0 Å². The van der Waals surface area contributed by atoms with Gasteiger partial charge in [-0.3, -0.25) is 0 Å². The van der Waals surface area contributed by atoms with Gasteiger partial charge in [-0.25, -0.2) is 0 Å². The van der Waals surface area contributed by atoms with Crippen molar-refractivity contribution in [2.24, 2.45) is 7.05 Å². The van der Waals surface area contributed by atoms with E-state index in [0.29, 0.717) is 23.6 Å². The van der Waals surface area contributed by atoms with E-state index in [1.54, 1.807) is 24.8 Å². The molecule has 0 atom stereocenters. The Hall–Kier alpha value is -3.35. The van der Waals surface area contributed by atoms with Gasteiger partial charge < -0.3 is 9.30 Å². The molecule has 0 unspecified atom stereocenters. The quantitative estimate of drug-likeness (QED) is 0.588. The first-order chi connectivity index (χ1) is 13.9. The van der Waals surface area contributed by atoms with Crippen molar-refractivity contribution in [2.45, 2.75) is 12.6 Å². The number of allylic oxidation sites excluding steroid dienone is 6. The lowest BCUT2D eigenvalue weighted by Gasteiger charge is -2.15. The first-order valence-electron chi connectivity index (χ1n) is 9.02. The molecule has 0 amide bonds. The fourth-order valence-corrected chi connectivity index (χ4v) is 3.52. The summed E-state index contributed by atoms with van der Waals surface area (Å²) in [5.41, 5.74) is -0.0559. The maximum atomic E-state index is 13.6. The number of alkyl halides is 3. The largest absolute Gasteiger partial charge is 0.495 e. The third-order valence-electron chi connectivity index (χ3n) is 4.89. The van der Waals surface area contributed by atoms with Crippen molar-refractivity contribution < 1.29 is 17.9 Å². The van der Waals surface area contributed by atoms with Gasteiger partial charge in [0.05, 0.1) is 18.2 Å². The van der Waals surface area contributed by atoms with Gasteiger partial charge in [0.1, 0.15) is 5.75 Å². The number of halogens is 3. The monoisotopic (exact) mass is 397 g/mol. The number of hydrogen-bond acceptors (Lipinski definition) is 3. The van der Waals surface area contributed by atoms with Gasteiger partial charge in [0.15, 0.2) is 11.6 Å². The van der Waals surface area contributed by atoms with Crippen molar-refractivity contribution >= 4 is 16.3 Å². The van der Waals surface area contributed by atoms with Crippen LogP contribution in [-0.2, 0) is 7.05 Å². The van der Waals surface area contributed by atoms with Crippen LogP contribution in [0.1, 0.15) is 12.2 Å². The highest BCUT2D eigenvalue weighted by molar-refractivity contribution is 5.94. The van der Waals surface area contributed by atoms with Gasteiger partial charge in [-0.2, -0.15) is 13.2 Å². The first-order valence-corrected chi connectivity index (χ1v) is 9.02. The van der Waals surface area contributed by atoms with Crippen LogP contribution in [0.15, 0.2) is 66.3 Å². The van der Waals surface area contributed by atoms with Crippen LogP contribution in [-0.4, -0.2) is 28.1 Å². The van der Waals surface area contributed by atoms with Crippen LogP contribution < -0.4 is 4.74 Å². The summed E-state index contributed by atoms with van der Waals surface area (Å²) in [6, 6.07) is 11.5. The second-order valence-electron chi connectivity index (χ2n) is 6.63. The van der Waals surface area contributed by atoms with Crippen LogP contribution in [0.5, 0.6) is 5.75 Å². The maximum absolute atomic E-state index is 13.6. The number of fused-ring (bicyclic) bond motifs is 1. The summed E-state index contributed by atoms with van der Waals surface area (Å²) in [5.74, 6) is 1.19. The molecule has 0 saturated heterocycles. The molecule has 0 spiro atoms. The van der Waals surface area contributed by atoms with E-state index >= 15 is 0 Å². The lowest BCUT2D eigenvalue weighted by atomic mass is 10.0. The van der Waals surface area contributed by atoms with E-state index < -0.39 is 11.7 Å². The van der Waals surface area contributed by atoms with Gasteiger partial charge in [0.2, 0.25) is 0 Å². The highest BCUT2D eigenvalue weighted by Gasteiger charge is 2.38. The summed E-state index contributed by atoms with van der Waals surface area (Å²) in [7, 11) is 3.22. The summed E-state index contributed by atoms with van der Waals surface area (Å²) in [6.45, 7) is 0. The fraction of sp³-hybridized carbons (Fsp3) is 0.182. The molecule has 4 nitrogen and oxygen atoms in total. The normalized spacial score (nSPS) is 14.5. The molecular weight excluding hydrogens is 379 g/mol. The summed E-state index contributed by atoms with van der Waals surface area (Å²) in [5, 5.41) is 10.2. The summed E-state index contributed by atoms with van der Waals surface area (Å²) in [6.07, 6.45) is 1.57. The maximum Gasteiger partial charge on any atom is 0.417 e. The standard InChI is InChI=1S/C22H18F3N3O/c1-28-20(16-10-4-3-5-11-18(16)22(23,24)25)26-27-21(28)17-13-12-14-8-6-7-9-15(14)19(17)29-2/h3,5-13H,4H2,1-2H3. The SMILES string of the molecule is COc1c(-c2nnc(C3=CCC=CC=C3C(F)(F)F)n2C)ccc2ccccc12. The van der Waals surface area contributed by atoms with Crippen LogP contribution in [0.25, 0.3) is 27.7 Å². The van der Waals surface area contributed by atoms with E-state index in [0.717, 1.165) is 16.8 Å². The molecule has 1 heterocycles. The second kappa shape index (κ2) is 7.24. The van der Waals surface area contributed by atoms with E-state index in [1.807, 2.05) is 36.4 Å². The lowest BCUT2D eigenvalue weighted by Crippen LogP contribution is -2.15. The number of nitrogens with zero attached hydrogens (tertiary/aromatic N) is 3. The van der Waals surface area contributed by atoms with Gasteiger partial charge in [-0.15, -0.1) is 10.2 Å². The molecule has 0 aliphatic heterocycles. The second-order valence-corrected chi connectivity index (χ2v) is 6.63. The molecule has 29 heavy (non-hydrogen) atoms. The smallest absolute Gasteiger partial charge is 0.417 e. The molecule has 3 aromatic rings. The van der Waals surface area contributed by atoms with Gasteiger partial charge in [0.25, 0.3) is 0 Å². The van der Waals surface area contributed by atoms with E-state index in [-0.39, 0.29) is 11.4 Å². The molecule has 0 saturated carbocycles. The summed E-state index contributed by atoms with van der Waals surface area (Å²) < 4.78 is 48.0. The zero-order valence-electron chi connectivity index (χ0n) is 15.9. The minimum Gasteiger partial charge on any atom is -0.495 e. The molecule has 0 radical (unpaired) electrons. The predicted octanol–water partition coefficient (Wildman–Crippen LogP) is 5.48. The molecule has 1 aliphatic carbocycles. The summed E-state index contributed by atoms with van der Waals surface area (Å²) in [4.78, 5) is 0. The minimum atomic E-state index is -4.49. The summed E-state index contributed by atoms with van der Waals surface area (Å²) >= 11 is 0. The Labute approximate surface area is 165 Å². The van der Waals surface area contributed by atoms with Crippen molar-refractivity contribution in [1.82, 2.24) is 14.8 Å². The molecule has 4 rings (SSSR count). The molecular formula is C22H18F3N3O. The van der Waals surface area contributed by atoms with Gasteiger partial charge in [0, 0.05) is 18.0 Å². The van der Waals surface area contributed by atoms with Crippen molar-refractivity contribution in [2.75, 3.05) is 7.11 Å². The zero-order valence-corrected chi connectivity index (χ0v) is 15.9. The highest BCUT2D eigenvalue weighted by Crippen LogP contribution is 2.40. The van der Waals surface area contributed by atoms with E-state index in [1.165, 1.54) is 12.2 Å². The Balaban J connectivity index is 1.87. The van der Waals surface area contributed by atoms with Gasteiger partial charge in [-0.05, 0) is 23.9 Å². The van der Waals surface area contributed by atoms with E-state index in [4.69, 9.17) is 4.74 Å². The molecule has 7 heteroatoms. The van der Waals surface area contributed by atoms with Crippen molar-refractivity contribution in [3.05, 3.63) is 72.1 Å². The van der Waals surface area contributed by atoms with Crippen LogP contribution in [0.2, 0.25) is 0 Å². The zero-order chi connectivity index (χ0) is 20.6. The molecule has 0 fully saturated rings. The first kappa shape index (κ1) is 19.0. The van der Waals surface area contributed by atoms with E-state index in [2.05, 4.69) is 10.2 Å². The molecule has 148 valence electrons. The Morgan fingerprint density at radius 2 is 1.79 bits per heavy atom. The number of benzene rings is 2. The number of rotatable bonds is 3. The predicted molar refractivity (Wildman–Crippen MR) is 106 cm³/mol. The van der Waals surface area contributed by atoms with E-state index in [9.17, 15) is 13.2 Å². The number of methoxy groups -OCH3 is 1. The topological polar surface area (TPSA) is 39.9 Å². The number of hydrogen-bond donors (Lipinski definition) is 0. The van der Waals surface area contributed by atoms with Crippen molar-refractivity contribution in [1.29, 1.82) is 0 Å².